The fourth-order valence-electron chi connectivity index (χ4n) is 3.75. The van der Waals surface area contributed by atoms with E-state index in [2.05, 4.69) is 67.7 Å². The fraction of sp³-hybridized carbons (Fsp3) is 0.440. The average molecular weight is 393 g/mol. The molecule has 1 aliphatic heterocycles. The lowest BCUT2D eigenvalue weighted by Crippen LogP contribution is -2.46. The molecule has 2 amide bonds. The molecule has 0 aliphatic carbocycles. The molecule has 1 heterocycles. The predicted molar refractivity (Wildman–Crippen MR) is 117 cm³/mol. The van der Waals surface area contributed by atoms with Gasteiger partial charge in [-0.2, -0.15) is 0 Å². The number of hydrogen-bond acceptors (Lipinski definition) is 2. The number of nitrogens with one attached hydrogen (secondary N) is 1. The van der Waals surface area contributed by atoms with Crippen molar-refractivity contribution in [1.82, 2.24) is 10.2 Å². The number of hydrogen-bond donors (Lipinski definition) is 1. The molecule has 1 saturated heterocycles. The molecular weight excluding hydrogens is 360 g/mol. The normalized spacial score (nSPS) is 14.6. The Labute approximate surface area is 174 Å². The summed E-state index contributed by atoms with van der Waals surface area (Å²) in [4.78, 5) is 26.7. The first-order valence-corrected chi connectivity index (χ1v) is 10.7. The minimum Gasteiger partial charge on any atom is -0.353 e. The van der Waals surface area contributed by atoms with Gasteiger partial charge in [0, 0.05) is 32.0 Å². The quantitative estimate of drug-likeness (QED) is 0.775. The van der Waals surface area contributed by atoms with Crippen LogP contribution in [0.1, 0.15) is 47.9 Å². The summed E-state index contributed by atoms with van der Waals surface area (Å²) in [6, 6.07) is 16.9. The highest BCUT2D eigenvalue weighted by atomic mass is 16.2. The minimum absolute atomic E-state index is 0.106. The van der Waals surface area contributed by atoms with E-state index in [1.54, 1.807) is 0 Å². The first kappa shape index (κ1) is 21.1. The summed E-state index contributed by atoms with van der Waals surface area (Å²) >= 11 is 0. The number of carbonyl (C=O) groups is 2. The van der Waals surface area contributed by atoms with Crippen molar-refractivity contribution in [3.05, 3.63) is 70.8 Å². The van der Waals surface area contributed by atoms with Crippen molar-refractivity contribution in [3.63, 3.8) is 0 Å². The zero-order chi connectivity index (χ0) is 20.6. The molecule has 1 aliphatic rings. The standard InChI is InChI=1S/C25H32N2O2/c1-19-3-7-21(8-4-19)11-13-24(28)26-23-15-17-27(18-16-23)25(29)14-12-22-9-5-20(2)6-10-22/h3-10,23H,11-18H2,1-2H3,(H,26,28). The fourth-order valence-corrected chi connectivity index (χ4v) is 3.75. The Kier molecular flexibility index (Phi) is 7.45. The topological polar surface area (TPSA) is 49.4 Å². The highest BCUT2D eigenvalue weighted by Gasteiger charge is 2.23. The summed E-state index contributed by atoms with van der Waals surface area (Å²) in [6.45, 7) is 5.60. The number of carbonyl (C=O) groups excluding carboxylic acids is 2. The van der Waals surface area contributed by atoms with Crippen molar-refractivity contribution < 1.29 is 9.59 Å². The SMILES string of the molecule is Cc1ccc(CCC(=O)NC2CCN(C(=O)CCc3ccc(C)cc3)CC2)cc1. The third-order valence-electron chi connectivity index (χ3n) is 5.72. The second kappa shape index (κ2) is 10.2. The van der Waals surface area contributed by atoms with E-state index < -0.39 is 0 Å². The first-order chi connectivity index (χ1) is 14.0. The van der Waals surface area contributed by atoms with Gasteiger partial charge in [-0.1, -0.05) is 59.7 Å². The van der Waals surface area contributed by atoms with Gasteiger partial charge in [0.2, 0.25) is 11.8 Å². The molecule has 0 aromatic heterocycles. The third-order valence-corrected chi connectivity index (χ3v) is 5.72. The highest BCUT2D eigenvalue weighted by Crippen LogP contribution is 2.14. The molecule has 1 fully saturated rings. The molecule has 0 radical (unpaired) electrons. The molecule has 1 N–H and O–H groups in total. The lowest BCUT2D eigenvalue weighted by atomic mass is 10.0. The van der Waals surface area contributed by atoms with E-state index in [4.69, 9.17) is 0 Å². The zero-order valence-corrected chi connectivity index (χ0v) is 17.6. The van der Waals surface area contributed by atoms with Crippen molar-refractivity contribution >= 4 is 11.8 Å². The number of rotatable bonds is 7. The van der Waals surface area contributed by atoms with Crippen LogP contribution >= 0.6 is 0 Å². The first-order valence-electron chi connectivity index (χ1n) is 10.7. The molecule has 0 unspecified atom stereocenters. The summed E-state index contributed by atoms with van der Waals surface area (Å²) in [7, 11) is 0. The van der Waals surface area contributed by atoms with Crippen LogP contribution < -0.4 is 5.32 Å². The van der Waals surface area contributed by atoms with E-state index in [9.17, 15) is 9.59 Å². The Hall–Kier alpha value is -2.62. The molecule has 2 aromatic carbocycles. The van der Waals surface area contributed by atoms with Gasteiger partial charge in [-0.3, -0.25) is 9.59 Å². The monoisotopic (exact) mass is 392 g/mol. The van der Waals surface area contributed by atoms with E-state index in [0.29, 0.717) is 12.8 Å². The Bertz CT molecular complexity index is 804. The molecule has 0 atom stereocenters. The van der Waals surface area contributed by atoms with Crippen LogP contribution in [0.5, 0.6) is 0 Å². The molecule has 154 valence electrons. The van der Waals surface area contributed by atoms with Gasteiger partial charge >= 0.3 is 0 Å². The van der Waals surface area contributed by atoms with Gasteiger partial charge in [-0.05, 0) is 50.7 Å². The summed E-state index contributed by atoms with van der Waals surface area (Å²) in [5.41, 5.74) is 4.88. The molecule has 0 saturated carbocycles. The molecule has 0 bridgehead atoms. The average Bonchev–Trinajstić information content (AvgIpc) is 2.73. The molecule has 4 heteroatoms. The van der Waals surface area contributed by atoms with E-state index in [1.807, 2.05) is 4.90 Å². The summed E-state index contributed by atoms with van der Waals surface area (Å²) in [6.07, 6.45) is 4.30. The largest absolute Gasteiger partial charge is 0.353 e. The lowest BCUT2D eigenvalue weighted by Gasteiger charge is -2.32. The van der Waals surface area contributed by atoms with E-state index in [1.165, 1.54) is 22.3 Å². The van der Waals surface area contributed by atoms with Gasteiger partial charge in [0.15, 0.2) is 0 Å². The molecule has 4 nitrogen and oxygen atoms in total. The van der Waals surface area contributed by atoms with Crippen molar-refractivity contribution in [2.24, 2.45) is 0 Å². The van der Waals surface area contributed by atoms with Gasteiger partial charge in [0.25, 0.3) is 0 Å². The number of nitrogens with zero attached hydrogens (tertiary/aromatic N) is 1. The number of piperidine rings is 1. The molecule has 29 heavy (non-hydrogen) atoms. The van der Waals surface area contributed by atoms with Crippen molar-refractivity contribution in [2.75, 3.05) is 13.1 Å². The van der Waals surface area contributed by atoms with E-state index in [-0.39, 0.29) is 17.9 Å². The van der Waals surface area contributed by atoms with Crippen LogP contribution in [0.4, 0.5) is 0 Å². The van der Waals surface area contributed by atoms with Gasteiger partial charge in [0.05, 0.1) is 0 Å². The van der Waals surface area contributed by atoms with Crippen LogP contribution in [0, 0.1) is 13.8 Å². The Morgan fingerprint density at radius 3 is 1.83 bits per heavy atom. The number of benzene rings is 2. The Morgan fingerprint density at radius 1 is 0.828 bits per heavy atom. The molecule has 3 rings (SSSR count). The van der Waals surface area contributed by atoms with Gasteiger partial charge < -0.3 is 10.2 Å². The van der Waals surface area contributed by atoms with Gasteiger partial charge in [0.1, 0.15) is 0 Å². The predicted octanol–water partition coefficient (Wildman–Crippen LogP) is 3.98. The van der Waals surface area contributed by atoms with Crippen LogP contribution in [-0.2, 0) is 22.4 Å². The maximum atomic E-state index is 12.5. The number of likely N-dealkylation sites (tertiary alicyclic amines) is 1. The van der Waals surface area contributed by atoms with Gasteiger partial charge in [-0.15, -0.1) is 0 Å². The third kappa shape index (κ3) is 6.74. The maximum Gasteiger partial charge on any atom is 0.222 e. The smallest absolute Gasteiger partial charge is 0.222 e. The van der Waals surface area contributed by atoms with Crippen LogP contribution in [0.3, 0.4) is 0 Å². The van der Waals surface area contributed by atoms with Crippen molar-refractivity contribution in [1.29, 1.82) is 0 Å². The van der Waals surface area contributed by atoms with E-state index in [0.717, 1.165) is 38.8 Å². The second-order valence-corrected chi connectivity index (χ2v) is 8.19. The highest BCUT2D eigenvalue weighted by molar-refractivity contribution is 5.77. The van der Waals surface area contributed by atoms with Gasteiger partial charge in [-0.25, -0.2) is 0 Å². The maximum absolute atomic E-state index is 12.5. The van der Waals surface area contributed by atoms with Crippen molar-refractivity contribution in [2.45, 2.75) is 58.4 Å². The second-order valence-electron chi connectivity index (χ2n) is 8.19. The Morgan fingerprint density at radius 2 is 1.31 bits per heavy atom. The summed E-state index contributed by atoms with van der Waals surface area (Å²) < 4.78 is 0. The minimum atomic E-state index is 0.106. The summed E-state index contributed by atoms with van der Waals surface area (Å²) in [5.74, 6) is 0.324. The zero-order valence-electron chi connectivity index (χ0n) is 17.6. The van der Waals surface area contributed by atoms with Crippen LogP contribution in [0.2, 0.25) is 0 Å². The van der Waals surface area contributed by atoms with Crippen LogP contribution in [0.15, 0.2) is 48.5 Å². The van der Waals surface area contributed by atoms with Crippen LogP contribution in [-0.4, -0.2) is 35.8 Å². The molecule has 2 aromatic rings. The van der Waals surface area contributed by atoms with Crippen LogP contribution in [0.25, 0.3) is 0 Å². The number of aryl methyl sites for hydroxylation is 4. The van der Waals surface area contributed by atoms with Crippen molar-refractivity contribution in [3.8, 4) is 0 Å². The summed E-state index contributed by atoms with van der Waals surface area (Å²) in [5, 5.41) is 3.15. The Balaban J connectivity index is 1.34. The van der Waals surface area contributed by atoms with E-state index >= 15 is 0 Å². The number of amides is 2. The lowest BCUT2D eigenvalue weighted by molar-refractivity contribution is -0.132. The molecular formula is C25H32N2O2. The molecule has 0 spiro atoms.